The van der Waals surface area contributed by atoms with Crippen molar-refractivity contribution in [3.63, 3.8) is 0 Å². The quantitative estimate of drug-likeness (QED) is 0.881. The Hall–Kier alpha value is -0.980. The second-order valence-corrected chi connectivity index (χ2v) is 6.16. The Labute approximate surface area is 118 Å². The van der Waals surface area contributed by atoms with Crippen LogP contribution in [0, 0.1) is 5.92 Å². The Morgan fingerprint density at radius 2 is 2.32 bits per heavy atom. The van der Waals surface area contributed by atoms with Crippen molar-refractivity contribution in [2.24, 2.45) is 11.7 Å². The third-order valence-corrected chi connectivity index (χ3v) is 4.40. The van der Waals surface area contributed by atoms with Crippen molar-refractivity contribution < 1.29 is 4.79 Å². The minimum atomic E-state index is -0.0707. The fourth-order valence-electron chi connectivity index (χ4n) is 2.45. The van der Waals surface area contributed by atoms with E-state index in [1.165, 1.54) is 31.1 Å². The molecule has 106 valence electrons. The number of nitrogens with one attached hydrogen (secondary N) is 1. The lowest BCUT2D eigenvalue weighted by Crippen LogP contribution is -2.39. The number of likely N-dealkylation sites (tertiary alicyclic amines) is 1. The van der Waals surface area contributed by atoms with E-state index in [9.17, 15) is 4.79 Å². The second-order valence-electron chi connectivity index (χ2n) is 5.30. The van der Waals surface area contributed by atoms with Gasteiger partial charge in [-0.15, -0.1) is 11.3 Å². The van der Waals surface area contributed by atoms with Crippen LogP contribution >= 0.6 is 11.3 Å². The van der Waals surface area contributed by atoms with Gasteiger partial charge in [-0.1, -0.05) is 0 Å². The molecule has 5 nitrogen and oxygen atoms in total. The summed E-state index contributed by atoms with van der Waals surface area (Å²) >= 11 is 1.48. The zero-order chi connectivity index (χ0) is 13.8. The highest BCUT2D eigenvalue weighted by atomic mass is 32.1. The number of carbonyl (C=O) groups excluding carboxylic acids is 1. The van der Waals surface area contributed by atoms with Gasteiger partial charge in [0.1, 0.15) is 0 Å². The van der Waals surface area contributed by atoms with E-state index in [0.29, 0.717) is 17.1 Å². The molecule has 1 amide bonds. The van der Waals surface area contributed by atoms with Gasteiger partial charge in [0.15, 0.2) is 5.13 Å². The number of hydrogen-bond acceptors (Lipinski definition) is 5. The van der Waals surface area contributed by atoms with E-state index in [0.717, 1.165) is 25.3 Å². The normalized spacial score (nSPS) is 19.3. The summed E-state index contributed by atoms with van der Waals surface area (Å²) in [7, 11) is 0. The van der Waals surface area contributed by atoms with Gasteiger partial charge in [0, 0.05) is 24.9 Å². The van der Waals surface area contributed by atoms with E-state index in [-0.39, 0.29) is 5.91 Å². The first-order chi connectivity index (χ1) is 9.04. The van der Waals surface area contributed by atoms with Gasteiger partial charge in [-0.2, -0.15) is 0 Å². The average Bonchev–Trinajstić information content (AvgIpc) is 2.76. The molecule has 1 saturated heterocycles. The van der Waals surface area contributed by atoms with Crippen molar-refractivity contribution in [1.29, 1.82) is 0 Å². The number of nitrogens with two attached hydrogens (primary N) is 1. The first kappa shape index (κ1) is 14.4. The van der Waals surface area contributed by atoms with Crippen LogP contribution in [0.1, 0.15) is 32.4 Å². The van der Waals surface area contributed by atoms with Crippen LogP contribution < -0.4 is 11.1 Å². The Bertz CT molecular complexity index is 424. The first-order valence-corrected chi connectivity index (χ1v) is 7.62. The predicted molar refractivity (Wildman–Crippen MR) is 78.1 cm³/mol. The molecule has 1 unspecified atom stereocenters. The van der Waals surface area contributed by atoms with Crippen molar-refractivity contribution in [1.82, 2.24) is 9.88 Å². The summed E-state index contributed by atoms with van der Waals surface area (Å²) in [5, 5.41) is 5.42. The molecule has 0 aliphatic carbocycles. The highest BCUT2D eigenvalue weighted by Gasteiger charge is 2.22. The van der Waals surface area contributed by atoms with Crippen LogP contribution in [0.2, 0.25) is 0 Å². The van der Waals surface area contributed by atoms with Gasteiger partial charge >= 0.3 is 0 Å². The van der Waals surface area contributed by atoms with E-state index in [1.807, 2.05) is 5.38 Å². The Balaban J connectivity index is 1.82. The molecule has 1 aromatic rings. The first-order valence-electron chi connectivity index (χ1n) is 6.74. The van der Waals surface area contributed by atoms with Gasteiger partial charge < -0.3 is 11.1 Å². The maximum Gasteiger partial charge on any atom is 0.223 e. The van der Waals surface area contributed by atoms with E-state index in [2.05, 4.69) is 22.1 Å². The molecule has 1 atom stereocenters. The van der Waals surface area contributed by atoms with Crippen LogP contribution in [-0.4, -0.2) is 34.9 Å². The maximum atomic E-state index is 10.9. The number of anilines is 1. The highest BCUT2D eigenvalue weighted by Crippen LogP contribution is 2.22. The summed E-state index contributed by atoms with van der Waals surface area (Å²) in [5.41, 5.74) is 6.98. The number of aromatic nitrogens is 1. The fraction of sp³-hybridized carbons (Fsp3) is 0.692. The molecule has 2 rings (SSSR count). The lowest BCUT2D eigenvalue weighted by molar-refractivity contribution is -0.114. The number of rotatable bonds is 4. The van der Waals surface area contributed by atoms with Crippen molar-refractivity contribution in [3.05, 3.63) is 11.1 Å². The van der Waals surface area contributed by atoms with E-state index >= 15 is 0 Å². The van der Waals surface area contributed by atoms with Crippen molar-refractivity contribution in [3.8, 4) is 0 Å². The smallest absolute Gasteiger partial charge is 0.223 e. The third kappa shape index (κ3) is 4.26. The van der Waals surface area contributed by atoms with Crippen molar-refractivity contribution in [2.75, 3.05) is 18.4 Å². The van der Waals surface area contributed by atoms with Crippen molar-refractivity contribution in [2.45, 2.75) is 39.3 Å². The molecule has 0 radical (unpaired) electrons. The minimum absolute atomic E-state index is 0.0707. The molecule has 0 saturated carbocycles. The Kier molecular flexibility index (Phi) is 4.90. The van der Waals surface area contributed by atoms with Crippen LogP contribution in [0.15, 0.2) is 5.38 Å². The summed E-state index contributed by atoms with van der Waals surface area (Å²) in [5.74, 6) is 0.584. The molecule has 2 heterocycles. The van der Waals surface area contributed by atoms with Crippen LogP contribution in [0.25, 0.3) is 0 Å². The molecule has 1 fully saturated rings. The highest BCUT2D eigenvalue weighted by molar-refractivity contribution is 7.13. The molecule has 19 heavy (non-hydrogen) atoms. The van der Waals surface area contributed by atoms with E-state index in [4.69, 9.17) is 5.73 Å². The molecular weight excluding hydrogens is 260 g/mol. The lowest BCUT2D eigenvalue weighted by Gasteiger charge is -2.33. The van der Waals surface area contributed by atoms with E-state index < -0.39 is 0 Å². The number of piperidine rings is 1. The lowest BCUT2D eigenvalue weighted by atomic mass is 9.91. The van der Waals surface area contributed by atoms with Gasteiger partial charge in [-0.05, 0) is 38.8 Å². The van der Waals surface area contributed by atoms with Gasteiger partial charge in [-0.25, -0.2) is 4.98 Å². The molecular formula is C13H22N4OS. The Morgan fingerprint density at radius 1 is 1.63 bits per heavy atom. The maximum absolute atomic E-state index is 10.9. The van der Waals surface area contributed by atoms with Gasteiger partial charge in [0.2, 0.25) is 5.91 Å². The summed E-state index contributed by atoms with van der Waals surface area (Å²) in [4.78, 5) is 17.8. The van der Waals surface area contributed by atoms with Crippen LogP contribution in [-0.2, 0) is 11.3 Å². The topological polar surface area (TPSA) is 71.2 Å². The van der Waals surface area contributed by atoms with Crippen LogP contribution in [0.3, 0.4) is 0 Å². The predicted octanol–water partition coefficient (Wildman–Crippen LogP) is 1.66. The number of thiazole rings is 1. The average molecular weight is 282 g/mol. The van der Waals surface area contributed by atoms with Gasteiger partial charge in [-0.3, -0.25) is 9.69 Å². The summed E-state index contributed by atoms with van der Waals surface area (Å²) in [6.07, 6.45) is 2.33. The molecule has 3 N–H and O–H groups in total. The zero-order valence-electron chi connectivity index (χ0n) is 11.6. The molecule has 1 aliphatic rings. The molecule has 0 aromatic carbocycles. The van der Waals surface area contributed by atoms with Gasteiger partial charge in [0.25, 0.3) is 0 Å². The SMILES string of the molecule is CC(=O)Nc1nc(CN2CCC(C(C)N)CC2)cs1. The van der Waals surface area contributed by atoms with Gasteiger partial charge in [0.05, 0.1) is 5.69 Å². The van der Waals surface area contributed by atoms with Crippen molar-refractivity contribution >= 4 is 22.4 Å². The van der Waals surface area contributed by atoms with Crippen LogP contribution in [0.4, 0.5) is 5.13 Å². The Morgan fingerprint density at radius 3 is 2.89 bits per heavy atom. The van der Waals surface area contributed by atoms with Crippen LogP contribution in [0.5, 0.6) is 0 Å². The number of hydrogen-bond donors (Lipinski definition) is 2. The standard InChI is InChI=1S/C13H22N4OS/c1-9(14)11-3-5-17(6-4-11)7-12-8-19-13(16-12)15-10(2)18/h8-9,11H,3-7,14H2,1-2H3,(H,15,16,18). The minimum Gasteiger partial charge on any atom is -0.328 e. The molecule has 0 bridgehead atoms. The molecule has 1 aromatic heterocycles. The third-order valence-electron chi connectivity index (χ3n) is 3.60. The number of carbonyl (C=O) groups is 1. The zero-order valence-corrected chi connectivity index (χ0v) is 12.4. The monoisotopic (exact) mass is 282 g/mol. The van der Waals surface area contributed by atoms with E-state index in [1.54, 1.807) is 0 Å². The number of amides is 1. The molecule has 6 heteroatoms. The summed E-state index contributed by atoms with van der Waals surface area (Å²) < 4.78 is 0. The molecule has 1 aliphatic heterocycles. The number of nitrogens with zero attached hydrogens (tertiary/aromatic N) is 2. The summed E-state index contributed by atoms with van der Waals surface area (Å²) in [6.45, 7) is 6.63. The second kappa shape index (κ2) is 6.45. The molecule has 0 spiro atoms. The summed E-state index contributed by atoms with van der Waals surface area (Å²) in [6, 6.07) is 0.299. The fourth-order valence-corrected chi connectivity index (χ4v) is 3.20. The largest absolute Gasteiger partial charge is 0.328 e.